The Morgan fingerprint density at radius 3 is 1.44 bits per heavy atom. The van der Waals surface area contributed by atoms with Gasteiger partial charge in [-0.1, -0.05) is 51.4 Å². The fourth-order valence-corrected chi connectivity index (χ4v) is 4.75. The van der Waals surface area contributed by atoms with Crippen LogP contribution >= 0.6 is 0 Å². The molecule has 0 atom stereocenters. The van der Waals surface area contributed by atoms with Crippen molar-refractivity contribution in [2.45, 2.75) is 69.7 Å². The van der Waals surface area contributed by atoms with Gasteiger partial charge in [0.2, 0.25) is 0 Å². The lowest BCUT2D eigenvalue weighted by Gasteiger charge is -2.25. The molecule has 2 fully saturated rings. The van der Waals surface area contributed by atoms with Gasteiger partial charge in [0, 0.05) is 14.2 Å². The van der Waals surface area contributed by atoms with Gasteiger partial charge in [-0.2, -0.15) is 0 Å². The van der Waals surface area contributed by atoms with Crippen molar-refractivity contribution >= 4 is 9.28 Å². The Labute approximate surface area is 103 Å². The van der Waals surface area contributed by atoms with E-state index in [9.17, 15) is 0 Å². The lowest BCUT2D eigenvalue weighted by Crippen LogP contribution is -2.27. The van der Waals surface area contributed by atoms with Gasteiger partial charge in [0.1, 0.15) is 0 Å². The Morgan fingerprint density at radius 2 is 1.06 bits per heavy atom. The SMILES string of the molecule is C1CCCC1.CO[SiH](OC)C1CCCCC1. The van der Waals surface area contributed by atoms with E-state index in [1.165, 1.54) is 64.2 Å². The summed E-state index contributed by atoms with van der Waals surface area (Å²) in [6.07, 6.45) is 14.3. The Kier molecular flexibility index (Phi) is 8.16. The summed E-state index contributed by atoms with van der Waals surface area (Å²) in [7, 11) is 2.30. The molecule has 2 saturated carbocycles. The maximum Gasteiger partial charge on any atom is 0.324 e. The summed E-state index contributed by atoms with van der Waals surface area (Å²) >= 11 is 0. The quantitative estimate of drug-likeness (QED) is 0.703. The van der Waals surface area contributed by atoms with E-state index >= 15 is 0 Å². The van der Waals surface area contributed by atoms with E-state index in [0.29, 0.717) is 0 Å². The van der Waals surface area contributed by atoms with Crippen molar-refractivity contribution in [1.82, 2.24) is 0 Å². The first-order valence-electron chi connectivity index (χ1n) is 6.94. The van der Waals surface area contributed by atoms with Crippen LogP contribution in [0.3, 0.4) is 0 Å². The van der Waals surface area contributed by atoms with Gasteiger partial charge in [-0.25, -0.2) is 0 Å². The van der Waals surface area contributed by atoms with Gasteiger partial charge < -0.3 is 8.85 Å². The lowest BCUT2D eigenvalue weighted by atomic mass is 10.0. The summed E-state index contributed by atoms with van der Waals surface area (Å²) < 4.78 is 10.7. The third-order valence-corrected chi connectivity index (χ3v) is 6.12. The van der Waals surface area contributed by atoms with Crippen LogP contribution in [0.25, 0.3) is 0 Å². The fourth-order valence-electron chi connectivity index (χ4n) is 2.77. The predicted molar refractivity (Wildman–Crippen MR) is 71.1 cm³/mol. The maximum atomic E-state index is 5.36. The van der Waals surface area contributed by atoms with E-state index in [2.05, 4.69) is 0 Å². The Hall–Kier alpha value is 0.137. The molecule has 0 aromatic carbocycles. The minimum absolute atomic E-state index is 0.777. The van der Waals surface area contributed by atoms with Gasteiger partial charge in [0.05, 0.1) is 0 Å². The summed E-state index contributed by atoms with van der Waals surface area (Å²) in [5.74, 6) is 0. The third kappa shape index (κ3) is 5.46. The summed E-state index contributed by atoms with van der Waals surface area (Å²) in [5, 5.41) is 0. The smallest absolute Gasteiger partial charge is 0.324 e. The van der Waals surface area contributed by atoms with E-state index in [1.54, 1.807) is 14.2 Å². The molecule has 0 amide bonds. The molecule has 0 aromatic rings. The van der Waals surface area contributed by atoms with Gasteiger partial charge in [0.15, 0.2) is 0 Å². The highest BCUT2D eigenvalue weighted by Crippen LogP contribution is 2.31. The molecule has 0 heterocycles. The van der Waals surface area contributed by atoms with Gasteiger partial charge in [-0.05, 0) is 18.4 Å². The molecule has 0 saturated heterocycles. The highest BCUT2D eigenvalue weighted by atomic mass is 28.3. The van der Waals surface area contributed by atoms with Crippen molar-refractivity contribution in [2.24, 2.45) is 0 Å². The van der Waals surface area contributed by atoms with E-state index < -0.39 is 9.28 Å². The lowest BCUT2D eigenvalue weighted by molar-refractivity contribution is 0.252. The van der Waals surface area contributed by atoms with Gasteiger partial charge in [0.25, 0.3) is 0 Å². The Morgan fingerprint density at radius 1 is 0.688 bits per heavy atom. The second-order valence-corrected chi connectivity index (χ2v) is 7.63. The van der Waals surface area contributed by atoms with Gasteiger partial charge in [-0.3, -0.25) is 0 Å². The molecule has 2 aliphatic carbocycles. The fraction of sp³-hybridized carbons (Fsp3) is 1.00. The normalized spacial score (nSPS) is 21.9. The summed E-state index contributed by atoms with van der Waals surface area (Å²) in [5.41, 5.74) is 0.777. The molecule has 3 heteroatoms. The van der Waals surface area contributed by atoms with Crippen molar-refractivity contribution < 1.29 is 8.85 Å². The average Bonchev–Trinajstić information content (AvgIpc) is 2.91. The van der Waals surface area contributed by atoms with E-state index in [1.807, 2.05) is 0 Å². The molecule has 0 aromatic heterocycles. The van der Waals surface area contributed by atoms with Crippen LogP contribution in [0.15, 0.2) is 0 Å². The first kappa shape index (κ1) is 14.2. The van der Waals surface area contributed by atoms with Crippen LogP contribution in [-0.4, -0.2) is 23.5 Å². The van der Waals surface area contributed by atoms with Crippen LogP contribution in [0.1, 0.15) is 64.2 Å². The predicted octanol–water partition coefficient (Wildman–Crippen LogP) is 3.78. The third-order valence-electron chi connectivity index (χ3n) is 3.75. The minimum Gasteiger partial charge on any atom is -0.400 e. The molecule has 2 aliphatic rings. The highest BCUT2D eigenvalue weighted by molar-refractivity contribution is 6.46. The summed E-state index contributed by atoms with van der Waals surface area (Å²) in [6.45, 7) is 0. The molecule has 0 unspecified atom stereocenters. The molecule has 0 N–H and O–H groups in total. The second kappa shape index (κ2) is 9.20. The summed E-state index contributed by atoms with van der Waals surface area (Å²) in [6, 6.07) is 0. The Balaban J connectivity index is 0.000000212. The van der Waals surface area contributed by atoms with Gasteiger partial charge in [-0.15, -0.1) is 0 Å². The van der Waals surface area contributed by atoms with Crippen LogP contribution in [0, 0.1) is 0 Å². The van der Waals surface area contributed by atoms with Crippen molar-refractivity contribution in [1.29, 1.82) is 0 Å². The summed E-state index contributed by atoms with van der Waals surface area (Å²) in [4.78, 5) is 0. The molecule has 0 bridgehead atoms. The van der Waals surface area contributed by atoms with Crippen molar-refractivity contribution in [2.75, 3.05) is 14.2 Å². The topological polar surface area (TPSA) is 18.5 Å². The molecule has 0 spiro atoms. The highest BCUT2D eigenvalue weighted by Gasteiger charge is 2.25. The molecular weight excluding hydrogens is 216 g/mol. The number of rotatable bonds is 3. The largest absolute Gasteiger partial charge is 0.400 e. The number of hydrogen-bond donors (Lipinski definition) is 0. The van der Waals surface area contributed by atoms with Crippen molar-refractivity contribution in [3.05, 3.63) is 0 Å². The molecule has 0 radical (unpaired) electrons. The second-order valence-electron chi connectivity index (χ2n) is 5.01. The van der Waals surface area contributed by atoms with Gasteiger partial charge >= 0.3 is 9.28 Å². The molecule has 96 valence electrons. The van der Waals surface area contributed by atoms with E-state index in [-0.39, 0.29) is 0 Å². The zero-order valence-corrected chi connectivity index (χ0v) is 12.2. The van der Waals surface area contributed by atoms with E-state index in [4.69, 9.17) is 8.85 Å². The Bertz CT molecular complexity index is 142. The van der Waals surface area contributed by atoms with E-state index in [0.717, 1.165) is 5.54 Å². The standard InChI is InChI=1S/C8H18O2Si.C5H10/c1-9-11(10-2)8-6-4-3-5-7-8;1-2-4-5-3-1/h8,11H,3-7H2,1-2H3;1-5H2. The van der Waals surface area contributed by atoms with Crippen LogP contribution in [0.2, 0.25) is 5.54 Å². The first-order chi connectivity index (χ1) is 7.88. The monoisotopic (exact) mass is 244 g/mol. The van der Waals surface area contributed by atoms with Crippen LogP contribution in [0.5, 0.6) is 0 Å². The minimum atomic E-state index is -1.27. The molecule has 0 aliphatic heterocycles. The molecule has 16 heavy (non-hydrogen) atoms. The number of hydrogen-bond acceptors (Lipinski definition) is 2. The van der Waals surface area contributed by atoms with Crippen molar-refractivity contribution in [3.63, 3.8) is 0 Å². The van der Waals surface area contributed by atoms with Crippen LogP contribution in [0.4, 0.5) is 0 Å². The first-order valence-corrected chi connectivity index (χ1v) is 8.55. The zero-order valence-electron chi connectivity index (χ0n) is 11.0. The van der Waals surface area contributed by atoms with Crippen molar-refractivity contribution in [3.8, 4) is 0 Å². The van der Waals surface area contributed by atoms with Crippen LogP contribution < -0.4 is 0 Å². The zero-order chi connectivity index (χ0) is 11.6. The molecule has 2 rings (SSSR count). The van der Waals surface area contributed by atoms with Crippen LogP contribution in [-0.2, 0) is 8.85 Å². The maximum absolute atomic E-state index is 5.36. The average molecular weight is 244 g/mol. The molecule has 2 nitrogen and oxygen atoms in total. The molecular formula is C13H28O2Si.